The molecule has 0 aliphatic rings. The number of halogens is 1. The van der Waals surface area contributed by atoms with Gasteiger partial charge in [-0.1, -0.05) is 36.7 Å². The van der Waals surface area contributed by atoms with Crippen molar-refractivity contribution in [1.29, 1.82) is 0 Å². The lowest BCUT2D eigenvalue weighted by atomic mass is 10.2. The second-order valence-electron chi connectivity index (χ2n) is 3.92. The SMILES string of the molecule is C=CCC(CSc1ccccc1Cl)NCCC. The van der Waals surface area contributed by atoms with Crippen molar-refractivity contribution in [3.63, 3.8) is 0 Å². The van der Waals surface area contributed by atoms with E-state index in [1.807, 2.05) is 24.3 Å². The summed E-state index contributed by atoms with van der Waals surface area (Å²) in [6, 6.07) is 8.47. The van der Waals surface area contributed by atoms with Crippen molar-refractivity contribution in [1.82, 2.24) is 5.32 Å². The van der Waals surface area contributed by atoms with Gasteiger partial charge in [0.2, 0.25) is 0 Å². The lowest BCUT2D eigenvalue weighted by molar-refractivity contribution is 0.558. The van der Waals surface area contributed by atoms with Gasteiger partial charge in [-0.05, 0) is 31.5 Å². The third-order valence-corrected chi connectivity index (χ3v) is 4.09. The molecule has 1 atom stereocenters. The predicted octanol–water partition coefficient (Wildman–Crippen LogP) is 4.38. The molecule has 0 radical (unpaired) electrons. The molecule has 17 heavy (non-hydrogen) atoms. The second-order valence-corrected chi connectivity index (χ2v) is 5.39. The molecule has 0 spiro atoms. The minimum atomic E-state index is 0.480. The number of rotatable bonds is 8. The smallest absolute Gasteiger partial charge is 0.0541 e. The van der Waals surface area contributed by atoms with Gasteiger partial charge in [-0.2, -0.15) is 0 Å². The normalized spacial score (nSPS) is 12.4. The van der Waals surface area contributed by atoms with Crippen LogP contribution in [0, 0.1) is 0 Å². The van der Waals surface area contributed by atoms with Crippen molar-refractivity contribution in [3.8, 4) is 0 Å². The van der Waals surface area contributed by atoms with Crippen molar-refractivity contribution in [2.45, 2.75) is 30.7 Å². The Labute approximate surface area is 114 Å². The maximum atomic E-state index is 6.13. The molecule has 0 aliphatic carbocycles. The molecule has 0 aromatic heterocycles. The zero-order chi connectivity index (χ0) is 12.5. The zero-order valence-corrected chi connectivity index (χ0v) is 11.9. The Kier molecular flexibility index (Phi) is 7.41. The minimum Gasteiger partial charge on any atom is -0.313 e. The maximum absolute atomic E-state index is 6.13. The number of benzene rings is 1. The van der Waals surface area contributed by atoms with Gasteiger partial charge >= 0.3 is 0 Å². The molecular formula is C14H20ClNS. The average Bonchev–Trinajstić information content (AvgIpc) is 2.34. The van der Waals surface area contributed by atoms with E-state index in [1.165, 1.54) is 0 Å². The molecule has 0 saturated carbocycles. The highest BCUT2D eigenvalue weighted by Gasteiger charge is 2.07. The van der Waals surface area contributed by atoms with Crippen molar-refractivity contribution < 1.29 is 0 Å². The molecule has 0 heterocycles. The van der Waals surface area contributed by atoms with Crippen molar-refractivity contribution >= 4 is 23.4 Å². The predicted molar refractivity (Wildman–Crippen MR) is 79.1 cm³/mol. The third-order valence-electron chi connectivity index (χ3n) is 2.41. The van der Waals surface area contributed by atoms with E-state index >= 15 is 0 Å². The van der Waals surface area contributed by atoms with E-state index in [0.29, 0.717) is 6.04 Å². The van der Waals surface area contributed by atoms with Crippen LogP contribution in [0.3, 0.4) is 0 Å². The van der Waals surface area contributed by atoms with E-state index in [2.05, 4.69) is 24.9 Å². The lowest BCUT2D eigenvalue weighted by Gasteiger charge is -2.16. The summed E-state index contributed by atoms with van der Waals surface area (Å²) >= 11 is 7.93. The molecule has 0 amide bonds. The Morgan fingerprint density at radius 2 is 2.24 bits per heavy atom. The summed E-state index contributed by atoms with van der Waals surface area (Å²) in [5.74, 6) is 1.02. The molecule has 0 saturated heterocycles. The summed E-state index contributed by atoms with van der Waals surface area (Å²) in [7, 11) is 0. The van der Waals surface area contributed by atoms with Crippen molar-refractivity contribution in [3.05, 3.63) is 41.9 Å². The van der Waals surface area contributed by atoms with Crippen LogP contribution in [0.1, 0.15) is 19.8 Å². The van der Waals surface area contributed by atoms with Crippen LogP contribution in [0.2, 0.25) is 5.02 Å². The molecule has 0 fully saturated rings. The highest BCUT2D eigenvalue weighted by Crippen LogP contribution is 2.27. The Balaban J connectivity index is 2.45. The minimum absolute atomic E-state index is 0.480. The van der Waals surface area contributed by atoms with Crippen LogP contribution in [-0.4, -0.2) is 18.3 Å². The summed E-state index contributed by atoms with van der Waals surface area (Å²) in [5, 5.41) is 4.36. The van der Waals surface area contributed by atoms with Gasteiger partial charge < -0.3 is 5.32 Å². The Hall–Kier alpha value is -0.440. The monoisotopic (exact) mass is 269 g/mol. The molecule has 0 aliphatic heterocycles. The first kappa shape index (κ1) is 14.6. The van der Waals surface area contributed by atoms with Gasteiger partial charge in [-0.15, -0.1) is 18.3 Å². The molecule has 1 nitrogen and oxygen atoms in total. The number of thioether (sulfide) groups is 1. The Bertz CT molecular complexity index is 341. The standard InChI is InChI=1S/C14H20ClNS/c1-3-7-12(16-10-4-2)11-17-14-9-6-5-8-13(14)15/h3,5-6,8-9,12,16H,1,4,7,10-11H2,2H3. The highest BCUT2D eigenvalue weighted by molar-refractivity contribution is 7.99. The molecule has 1 rings (SSSR count). The first-order valence-electron chi connectivity index (χ1n) is 5.99. The van der Waals surface area contributed by atoms with E-state index in [0.717, 1.165) is 35.1 Å². The highest BCUT2D eigenvalue weighted by atomic mass is 35.5. The van der Waals surface area contributed by atoms with Gasteiger partial charge in [0, 0.05) is 16.7 Å². The molecule has 94 valence electrons. The topological polar surface area (TPSA) is 12.0 Å². The zero-order valence-electron chi connectivity index (χ0n) is 10.3. The molecule has 3 heteroatoms. The fourth-order valence-electron chi connectivity index (χ4n) is 1.51. The van der Waals surface area contributed by atoms with Crippen LogP contribution in [0.4, 0.5) is 0 Å². The second kappa shape index (κ2) is 8.62. The third kappa shape index (κ3) is 5.62. The van der Waals surface area contributed by atoms with Crippen LogP contribution in [0.15, 0.2) is 41.8 Å². The van der Waals surface area contributed by atoms with Gasteiger partial charge in [0.05, 0.1) is 5.02 Å². The van der Waals surface area contributed by atoms with E-state index in [-0.39, 0.29) is 0 Å². The summed E-state index contributed by atoms with van der Waals surface area (Å²) in [6.45, 7) is 7.04. The van der Waals surface area contributed by atoms with Gasteiger partial charge in [0.1, 0.15) is 0 Å². The molecular weight excluding hydrogens is 250 g/mol. The Morgan fingerprint density at radius 1 is 1.47 bits per heavy atom. The van der Waals surface area contributed by atoms with Gasteiger partial charge in [-0.3, -0.25) is 0 Å². The summed E-state index contributed by atoms with van der Waals surface area (Å²) in [6.07, 6.45) is 4.13. The van der Waals surface area contributed by atoms with E-state index in [9.17, 15) is 0 Å². The van der Waals surface area contributed by atoms with Crippen LogP contribution in [0.5, 0.6) is 0 Å². The number of nitrogens with one attached hydrogen (secondary N) is 1. The van der Waals surface area contributed by atoms with Gasteiger partial charge in [0.15, 0.2) is 0 Å². The van der Waals surface area contributed by atoms with Crippen LogP contribution in [-0.2, 0) is 0 Å². The van der Waals surface area contributed by atoms with Crippen LogP contribution >= 0.6 is 23.4 Å². The average molecular weight is 270 g/mol. The van der Waals surface area contributed by atoms with Crippen molar-refractivity contribution in [2.75, 3.05) is 12.3 Å². The largest absolute Gasteiger partial charge is 0.313 e. The van der Waals surface area contributed by atoms with E-state index < -0.39 is 0 Å². The van der Waals surface area contributed by atoms with Crippen LogP contribution < -0.4 is 5.32 Å². The van der Waals surface area contributed by atoms with E-state index in [4.69, 9.17) is 11.6 Å². The lowest BCUT2D eigenvalue weighted by Crippen LogP contribution is -2.31. The summed E-state index contributed by atoms with van der Waals surface area (Å²) in [5.41, 5.74) is 0. The van der Waals surface area contributed by atoms with Crippen LogP contribution in [0.25, 0.3) is 0 Å². The number of hydrogen-bond donors (Lipinski definition) is 1. The van der Waals surface area contributed by atoms with Gasteiger partial charge in [0.25, 0.3) is 0 Å². The molecule has 1 unspecified atom stereocenters. The van der Waals surface area contributed by atoms with Gasteiger partial charge in [-0.25, -0.2) is 0 Å². The fraction of sp³-hybridized carbons (Fsp3) is 0.429. The summed E-state index contributed by atoms with van der Waals surface area (Å²) < 4.78 is 0. The maximum Gasteiger partial charge on any atom is 0.0541 e. The molecule has 1 aromatic rings. The first-order chi connectivity index (χ1) is 8.27. The Morgan fingerprint density at radius 3 is 2.88 bits per heavy atom. The molecule has 0 bridgehead atoms. The van der Waals surface area contributed by atoms with Crippen molar-refractivity contribution in [2.24, 2.45) is 0 Å². The fourth-order valence-corrected chi connectivity index (χ4v) is 2.83. The van der Waals surface area contributed by atoms with E-state index in [1.54, 1.807) is 11.8 Å². The molecule has 1 aromatic carbocycles. The first-order valence-corrected chi connectivity index (χ1v) is 7.36. The quantitative estimate of drug-likeness (QED) is 0.555. The number of hydrogen-bond acceptors (Lipinski definition) is 2. The summed E-state index contributed by atoms with van der Waals surface area (Å²) in [4.78, 5) is 1.15. The molecule has 1 N–H and O–H groups in total.